The van der Waals surface area contributed by atoms with E-state index in [1.54, 1.807) is 31.3 Å². The normalized spacial score (nSPS) is 10.8. The van der Waals surface area contributed by atoms with Crippen LogP contribution in [0.15, 0.2) is 65.8 Å². The first-order chi connectivity index (χ1) is 15.5. The molecule has 1 N–H and O–H groups in total. The molecule has 0 spiro atoms. The number of ether oxygens (including phenoxy) is 2. The molecule has 32 heavy (non-hydrogen) atoms. The van der Waals surface area contributed by atoms with Crippen molar-refractivity contribution in [3.05, 3.63) is 71.4 Å². The Morgan fingerprint density at radius 1 is 1.09 bits per heavy atom. The number of benzene rings is 2. The summed E-state index contributed by atoms with van der Waals surface area (Å²) in [6.45, 7) is 2.71. The van der Waals surface area contributed by atoms with Gasteiger partial charge in [0.15, 0.2) is 11.4 Å². The minimum Gasteiger partial charge on any atom is -0.494 e. The van der Waals surface area contributed by atoms with Gasteiger partial charge in [0.1, 0.15) is 16.9 Å². The Balaban J connectivity index is 1.41. The van der Waals surface area contributed by atoms with Crippen LogP contribution in [0.25, 0.3) is 11.0 Å². The second-order valence-corrected chi connectivity index (χ2v) is 7.05. The molecular weight excluding hydrogens is 410 g/mol. The van der Waals surface area contributed by atoms with Crippen LogP contribution in [0.2, 0.25) is 0 Å². The Hall–Kier alpha value is -4.14. The fourth-order valence-corrected chi connectivity index (χ4v) is 3.22. The van der Waals surface area contributed by atoms with E-state index in [4.69, 9.17) is 9.47 Å². The molecule has 0 unspecified atom stereocenters. The SMILES string of the molecule is CCOc1ccc(Oc2ccccc2NC(=O)CCn2cnc3c(cnn3C)c2=O)cc1. The molecular formula is C23H23N5O4. The van der Waals surface area contributed by atoms with E-state index < -0.39 is 0 Å². The van der Waals surface area contributed by atoms with Gasteiger partial charge in [0, 0.05) is 20.0 Å². The highest BCUT2D eigenvalue weighted by Gasteiger charge is 2.12. The van der Waals surface area contributed by atoms with E-state index in [1.165, 1.54) is 21.8 Å². The van der Waals surface area contributed by atoms with Gasteiger partial charge >= 0.3 is 0 Å². The van der Waals surface area contributed by atoms with E-state index in [0.717, 1.165) is 5.75 Å². The lowest BCUT2D eigenvalue weighted by atomic mass is 10.2. The smallest absolute Gasteiger partial charge is 0.264 e. The molecule has 0 fully saturated rings. The molecule has 4 aromatic rings. The summed E-state index contributed by atoms with van der Waals surface area (Å²) in [4.78, 5) is 29.3. The second-order valence-electron chi connectivity index (χ2n) is 7.05. The fourth-order valence-electron chi connectivity index (χ4n) is 3.22. The molecule has 0 aliphatic rings. The summed E-state index contributed by atoms with van der Waals surface area (Å²) >= 11 is 0. The predicted molar refractivity (Wildman–Crippen MR) is 120 cm³/mol. The number of para-hydroxylation sites is 2. The van der Waals surface area contributed by atoms with Gasteiger partial charge in [-0.3, -0.25) is 18.8 Å². The zero-order valence-corrected chi connectivity index (χ0v) is 17.8. The number of rotatable bonds is 8. The number of hydrogen-bond acceptors (Lipinski definition) is 6. The minimum atomic E-state index is -0.245. The lowest BCUT2D eigenvalue weighted by Gasteiger charge is -2.13. The molecule has 9 heteroatoms. The Kier molecular flexibility index (Phi) is 6.16. The quantitative estimate of drug-likeness (QED) is 0.457. The molecule has 2 heterocycles. The molecule has 0 radical (unpaired) electrons. The molecule has 2 aromatic heterocycles. The Morgan fingerprint density at radius 2 is 1.84 bits per heavy atom. The van der Waals surface area contributed by atoms with Crippen molar-refractivity contribution < 1.29 is 14.3 Å². The summed E-state index contributed by atoms with van der Waals surface area (Å²) in [5, 5.41) is 7.32. The summed E-state index contributed by atoms with van der Waals surface area (Å²) in [5.74, 6) is 1.65. The topological polar surface area (TPSA) is 100 Å². The van der Waals surface area contributed by atoms with E-state index in [9.17, 15) is 9.59 Å². The standard InChI is InChI=1S/C23H23N5O4/c1-3-31-16-8-10-17(11-9-16)32-20-7-5-4-6-19(20)26-21(29)12-13-28-15-24-22-18(23(28)30)14-25-27(22)2/h4-11,14-15H,3,12-13H2,1-2H3,(H,26,29). The Bertz CT molecular complexity index is 1290. The molecule has 0 aliphatic heterocycles. The van der Waals surface area contributed by atoms with Crippen LogP contribution in [0.3, 0.4) is 0 Å². The zero-order valence-electron chi connectivity index (χ0n) is 17.8. The molecule has 9 nitrogen and oxygen atoms in total. The van der Waals surface area contributed by atoms with Gasteiger partial charge in [0.05, 0.1) is 24.8 Å². The lowest BCUT2D eigenvalue weighted by Crippen LogP contribution is -2.23. The molecule has 4 rings (SSSR count). The molecule has 0 saturated heterocycles. The first-order valence-corrected chi connectivity index (χ1v) is 10.2. The van der Waals surface area contributed by atoms with E-state index in [2.05, 4.69) is 15.4 Å². The molecule has 164 valence electrons. The van der Waals surface area contributed by atoms with Crippen molar-refractivity contribution in [2.45, 2.75) is 19.9 Å². The van der Waals surface area contributed by atoms with Crippen LogP contribution in [-0.2, 0) is 18.4 Å². The molecule has 0 aliphatic carbocycles. The van der Waals surface area contributed by atoms with Gasteiger partial charge in [-0.05, 0) is 43.3 Å². The average Bonchev–Trinajstić information content (AvgIpc) is 3.18. The third kappa shape index (κ3) is 4.61. The number of hydrogen-bond donors (Lipinski definition) is 1. The predicted octanol–water partition coefficient (Wildman–Crippen LogP) is 3.35. The van der Waals surface area contributed by atoms with Crippen molar-refractivity contribution in [1.29, 1.82) is 0 Å². The van der Waals surface area contributed by atoms with E-state index >= 15 is 0 Å². The van der Waals surface area contributed by atoms with Gasteiger partial charge < -0.3 is 14.8 Å². The third-order valence-corrected chi connectivity index (χ3v) is 4.82. The molecule has 0 saturated carbocycles. The van der Waals surface area contributed by atoms with Crippen LogP contribution in [0, 0.1) is 0 Å². The van der Waals surface area contributed by atoms with Gasteiger partial charge in [-0.2, -0.15) is 5.10 Å². The fraction of sp³-hybridized carbons (Fsp3) is 0.217. The average molecular weight is 433 g/mol. The van der Waals surface area contributed by atoms with Crippen LogP contribution in [0.5, 0.6) is 17.2 Å². The number of nitrogens with one attached hydrogen (secondary N) is 1. The van der Waals surface area contributed by atoms with Crippen LogP contribution < -0.4 is 20.3 Å². The molecule has 0 atom stereocenters. The van der Waals surface area contributed by atoms with E-state index in [0.29, 0.717) is 34.8 Å². The number of nitrogens with zero attached hydrogens (tertiary/aromatic N) is 4. The first kappa shape index (κ1) is 21.1. The maximum absolute atomic E-state index is 12.6. The molecule has 0 bridgehead atoms. The Morgan fingerprint density at radius 3 is 2.62 bits per heavy atom. The maximum atomic E-state index is 12.6. The summed E-state index contributed by atoms with van der Waals surface area (Å²) in [5.41, 5.74) is 0.825. The van der Waals surface area contributed by atoms with Gasteiger partial charge in [0.2, 0.25) is 5.91 Å². The highest BCUT2D eigenvalue weighted by molar-refractivity contribution is 5.92. The van der Waals surface area contributed by atoms with Crippen molar-refractivity contribution in [2.24, 2.45) is 7.05 Å². The Labute approximate surface area is 184 Å². The largest absolute Gasteiger partial charge is 0.494 e. The van der Waals surface area contributed by atoms with Crippen LogP contribution >= 0.6 is 0 Å². The minimum absolute atomic E-state index is 0.102. The number of carbonyl (C=O) groups is 1. The highest BCUT2D eigenvalue weighted by atomic mass is 16.5. The van der Waals surface area contributed by atoms with Crippen LogP contribution in [0.4, 0.5) is 5.69 Å². The second kappa shape index (κ2) is 9.34. The van der Waals surface area contributed by atoms with E-state index in [1.807, 2.05) is 31.2 Å². The van der Waals surface area contributed by atoms with Gasteiger partial charge in [-0.15, -0.1) is 0 Å². The molecule has 2 aromatic carbocycles. The van der Waals surface area contributed by atoms with Crippen molar-refractivity contribution in [2.75, 3.05) is 11.9 Å². The summed E-state index contributed by atoms with van der Waals surface area (Å²) in [6.07, 6.45) is 3.02. The van der Waals surface area contributed by atoms with Gasteiger partial charge in [0.25, 0.3) is 5.56 Å². The van der Waals surface area contributed by atoms with Crippen molar-refractivity contribution in [3.63, 3.8) is 0 Å². The summed E-state index contributed by atoms with van der Waals surface area (Å²) in [7, 11) is 1.72. The highest BCUT2D eigenvalue weighted by Crippen LogP contribution is 2.30. The molecule has 1 amide bonds. The van der Waals surface area contributed by atoms with E-state index in [-0.39, 0.29) is 24.4 Å². The zero-order chi connectivity index (χ0) is 22.5. The van der Waals surface area contributed by atoms with Crippen LogP contribution in [0.1, 0.15) is 13.3 Å². The van der Waals surface area contributed by atoms with Crippen molar-refractivity contribution in [1.82, 2.24) is 19.3 Å². The van der Waals surface area contributed by atoms with Gasteiger partial charge in [-0.25, -0.2) is 4.98 Å². The number of amides is 1. The van der Waals surface area contributed by atoms with Crippen molar-refractivity contribution >= 4 is 22.6 Å². The van der Waals surface area contributed by atoms with Crippen LogP contribution in [-0.4, -0.2) is 31.8 Å². The number of anilines is 1. The summed E-state index contributed by atoms with van der Waals surface area (Å²) in [6, 6.07) is 14.4. The number of fused-ring (bicyclic) bond motifs is 1. The van der Waals surface area contributed by atoms with Crippen molar-refractivity contribution in [3.8, 4) is 17.2 Å². The number of aromatic nitrogens is 4. The summed E-state index contributed by atoms with van der Waals surface area (Å²) < 4.78 is 14.3. The third-order valence-electron chi connectivity index (χ3n) is 4.82. The first-order valence-electron chi connectivity index (χ1n) is 10.2. The number of carbonyl (C=O) groups excluding carboxylic acids is 1. The monoisotopic (exact) mass is 433 g/mol. The lowest BCUT2D eigenvalue weighted by molar-refractivity contribution is -0.116. The maximum Gasteiger partial charge on any atom is 0.264 e. The number of aryl methyl sites for hydroxylation is 2. The van der Waals surface area contributed by atoms with Gasteiger partial charge in [-0.1, -0.05) is 12.1 Å².